The van der Waals surface area contributed by atoms with Gasteiger partial charge in [-0.3, -0.25) is 4.79 Å². The van der Waals surface area contributed by atoms with Crippen LogP contribution in [-0.2, 0) is 9.53 Å². The van der Waals surface area contributed by atoms with Gasteiger partial charge in [0.05, 0.1) is 19.4 Å². The van der Waals surface area contributed by atoms with Crippen LogP contribution in [0.3, 0.4) is 0 Å². The van der Waals surface area contributed by atoms with Gasteiger partial charge in [0, 0.05) is 31.6 Å². The third-order valence-electron chi connectivity index (χ3n) is 3.86. The Morgan fingerprint density at radius 2 is 2.27 bits per heavy atom. The molecule has 22 heavy (non-hydrogen) atoms. The zero-order valence-electron chi connectivity index (χ0n) is 13.1. The lowest BCUT2D eigenvalue weighted by Crippen LogP contribution is -2.26. The summed E-state index contributed by atoms with van der Waals surface area (Å²) in [4.78, 5) is 14.4. The maximum Gasteiger partial charge on any atom is 0.225 e. The largest absolute Gasteiger partial charge is 0.495 e. The SMILES string of the molecule is COCC1CCN(CCC(=O)Nc2cc(Cl)ccc2OC)C1. The Kier molecular flexibility index (Phi) is 6.49. The third-order valence-corrected chi connectivity index (χ3v) is 4.10. The van der Waals surface area contributed by atoms with E-state index in [1.807, 2.05) is 0 Å². The van der Waals surface area contributed by atoms with Gasteiger partial charge in [0.1, 0.15) is 5.75 Å². The predicted molar refractivity (Wildman–Crippen MR) is 87.7 cm³/mol. The first-order valence-corrected chi connectivity index (χ1v) is 7.85. The molecule has 0 spiro atoms. The smallest absolute Gasteiger partial charge is 0.225 e. The van der Waals surface area contributed by atoms with Crippen LogP contribution >= 0.6 is 11.6 Å². The van der Waals surface area contributed by atoms with E-state index in [1.54, 1.807) is 32.4 Å². The minimum absolute atomic E-state index is 0.0317. The molecule has 2 rings (SSSR count). The van der Waals surface area contributed by atoms with Crippen LogP contribution in [0.4, 0.5) is 5.69 Å². The normalized spacial score (nSPS) is 18.4. The lowest BCUT2D eigenvalue weighted by Gasteiger charge is -2.16. The molecule has 1 aliphatic rings. The van der Waals surface area contributed by atoms with Gasteiger partial charge in [-0.25, -0.2) is 0 Å². The van der Waals surface area contributed by atoms with Gasteiger partial charge in [-0.1, -0.05) is 11.6 Å². The van der Waals surface area contributed by atoms with Crippen LogP contribution in [0.2, 0.25) is 5.02 Å². The number of likely N-dealkylation sites (tertiary alicyclic amines) is 1. The molecule has 0 bridgehead atoms. The minimum Gasteiger partial charge on any atom is -0.495 e. The molecule has 1 aliphatic heterocycles. The minimum atomic E-state index is -0.0317. The molecule has 122 valence electrons. The van der Waals surface area contributed by atoms with E-state index < -0.39 is 0 Å². The number of amides is 1. The van der Waals surface area contributed by atoms with E-state index >= 15 is 0 Å². The van der Waals surface area contributed by atoms with Crippen LogP contribution in [-0.4, -0.2) is 51.3 Å². The number of nitrogens with zero attached hydrogens (tertiary/aromatic N) is 1. The highest BCUT2D eigenvalue weighted by molar-refractivity contribution is 6.31. The molecule has 1 unspecified atom stereocenters. The van der Waals surface area contributed by atoms with Gasteiger partial charge in [0.25, 0.3) is 0 Å². The summed E-state index contributed by atoms with van der Waals surface area (Å²) in [5.74, 6) is 1.16. The first-order valence-electron chi connectivity index (χ1n) is 7.47. The van der Waals surface area contributed by atoms with E-state index in [2.05, 4.69) is 10.2 Å². The highest BCUT2D eigenvalue weighted by Gasteiger charge is 2.22. The Bertz CT molecular complexity index is 510. The molecular weight excluding hydrogens is 304 g/mol. The standard InChI is InChI=1S/C16H23ClN2O3/c1-21-11-12-5-7-19(10-12)8-6-16(20)18-14-9-13(17)3-4-15(14)22-2/h3-4,9,12H,5-8,10-11H2,1-2H3,(H,18,20). The summed E-state index contributed by atoms with van der Waals surface area (Å²) in [5, 5.41) is 3.43. The number of hydrogen-bond donors (Lipinski definition) is 1. The number of benzene rings is 1. The molecule has 1 N–H and O–H groups in total. The van der Waals surface area contributed by atoms with E-state index in [9.17, 15) is 4.79 Å². The van der Waals surface area contributed by atoms with Crippen molar-refractivity contribution in [3.8, 4) is 5.75 Å². The zero-order valence-corrected chi connectivity index (χ0v) is 13.9. The number of methoxy groups -OCH3 is 2. The molecule has 5 nitrogen and oxygen atoms in total. The van der Waals surface area contributed by atoms with E-state index in [0.29, 0.717) is 28.8 Å². The first-order chi connectivity index (χ1) is 10.6. The van der Waals surface area contributed by atoms with Crippen LogP contribution < -0.4 is 10.1 Å². The fourth-order valence-corrected chi connectivity index (χ4v) is 2.91. The van der Waals surface area contributed by atoms with Gasteiger partial charge in [0.2, 0.25) is 5.91 Å². The van der Waals surface area contributed by atoms with Crippen molar-refractivity contribution >= 4 is 23.2 Å². The summed E-state index contributed by atoms with van der Waals surface area (Å²) in [6.45, 7) is 3.58. The van der Waals surface area contributed by atoms with Crippen molar-refractivity contribution in [3.05, 3.63) is 23.2 Å². The molecule has 0 aliphatic carbocycles. The number of carbonyl (C=O) groups is 1. The van der Waals surface area contributed by atoms with Crippen LogP contribution in [0, 0.1) is 5.92 Å². The fourth-order valence-electron chi connectivity index (χ4n) is 2.74. The molecule has 1 fully saturated rings. The van der Waals surface area contributed by atoms with E-state index in [1.165, 1.54) is 0 Å². The van der Waals surface area contributed by atoms with Crippen LogP contribution in [0.5, 0.6) is 5.75 Å². The van der Waals surface area contributed by atoms with Crippen LogP contribution in [0.1, 0.15) is 12.8 Å². The molecule has 1 amide bonds. The van der Waals surface area contributed by atoms with Gasteiger partial charge in [-0.15, -0.1) is 0 Å². The molecule has 1 saturated heterocycles. The average molecular weight is 327 g/mol. The van der Waals surface area contributed by atoms with Crippen molar-refractivity contribution in [2.75, 3.05) is 45.8 Å². The van der Waals surface area contributed by atoms with Gasteiger partial charge >= 0.3 is 0 Å². The molecule has 1 aromatic carbocycles. The average Bonchev–Trinajstić information content (AvgIpc) is 2.94. The van der Waals surface area contributed by atoms with Gasteiger partial charge in [0.15, 0.2) is 0 Å². The number of carbonyl (C=O) groups excluding carboxylic acids is 1. The number of anilines is 1. The Balaban J connectivity index is 1.80. The molecule has 0 saturated carbocycles. The monoisotopic (exact) mass is 326 g/mol. The molecule has 0 radical (unpaired) electrons. The van der Waals surface area contributed by atoms with Gasteiger partial charge in [-0.05, 0) is 37.1 Å². The summed E-state index contributed by atoms with van der Waals surface area (Å²) in [6, 6.07) is 5.17. The first kappa shape index (κ1) is 17.1. The third kappa shape index (κ3) is 4.87. The Labute approximate surface area is 136 Å². The van der Waals surface area contributed by atoms with Crippen molar-refractivity contribution in [1.29, 1.82) is 0 Å². The quantitative estimate of drug-likeness (QED) is 0.837. The highest BCUT2D eigenvalue weighted by atomic mass is 35.5. The second-order valence-electron chi connectivity index (χ2n) is 5.55. The molecule has 1 heterocycles. The number of halogens is 1. The van der Waals surface area contributed by atoms with Crippen molar-refractivity contribution in [2.24, 2.45) is 5.92 Å². The molecular formula is C16H23ClN2O3. The maximum atomic E-state index is 12.1. The number of rotatable bonds is 7. The molecule has 6 heteroatoms. The summed E-state index contributed by atoms with van der Waals surface area (Å²) in [6.07, 6.45) is 1.59. The van der Waals surface area contributed by atoms with Crippen molar-refractivity contribution < 1.29 is 14.3 Å². The van der Waals surface area contributed by atoms with Crippen LogP contribution in [0.15, 0.2) is 18.2 Å². The topological polar surface area (TPSA) is 50.8 Å². The van der Waals surface area contributed by atoms with Crippen LogP contribution in [0.25, 0.3) is 0 Å². The highest BCUT2D eigenvalue weighted by Crippen LogP contribution is 2.27. The molecule has 1 aromatic rings. The Hall–Kier alpha value is -1.30. The zero-order chi connectivity index (χ0) is 15.9. The number of hydrogen-bond acceptors (Lipinski definition) is 4. The van der Waals surface area contributed by atoms with E-state index in [0.717, 1.165) is 32.7 Å². The second-order valence-corrected chi connectivity index (χ2v) is 5.99. The van der Waals surface area contributed by atoms with Crippen molar-refractivity contribution in [1.82, 2.24) is 4.90 Å². The fraction of sp³-hybridized carbons (Fsp3) is 0.562. The predicted octanol–water partition coefficient (Wildman–Crippen LogP) is 2.65. The lowest BCUT2D eigenvalue weighted by molar-refractivity contribution is -0.116. The Morgan fingerprint density at radius 3 is 3.00 bits per heavy atom. The summed E-state index contributed by atoms with van der Waals surface area (Å²) in [5.41, 5.74) is 0.610. The van der Waals surface area contributed by atoms with Crippen molar-refractivity contribution in [2.45, 2.75) is 12.8 Å². The van der Waals surface area contributed by atoms with Gasteiger partial charge < -0.3 is 19.7 Å². The number of nitrogens with one attached hydrogen (secondary N) is 1. The maximum absolute atomic E-state index is 12.1. The van der Waals surface area contributed by atoms with Gasteiger partial charge in [-0.2, -0.15) is 0 Å². The number of ether oxygens (including phenoxy) is 2. The van der Waals surface area contributed by atoms with E-state index in [4.69, 9.17) is 21.1 Å². The summed E-state index contributed by atoms with van der Waals surface area (Å²) in [7, 11) is 3.30. The summed E-state index contributed by atoms with van der Waals surface area (Å²) < 4.78 is 10.4. The van der Waals surface area contributed by atoms with Crippen molar-refractivity contribution in [3.63, 3.8) is 0 Å². The second kappa shape index (κ2) is 8.36. The van der Waals surface area contributed by atoms with E-state index in [-0.39, 0.29) is 5.91 Å². The lowest BCUT2D eigenvalue weighted by atomic mass is 10.1. The molecule has 1 atom stereocenters. The molecule has 0 aromatic heterocycles. The summed E-state index contributed by atoms with van der Waals surface area (Å²) >= 11 is 5.96. The Morgan fingerprint density at radius 1 is 1.45 bits per heavy atom.